The van der Waals surface area contributed by atoms with E-state index in [1.807, 2.05) is 24.3 Å². The predicted octanol–water partition coefficient (Wildman–Crippen LogP) is 3.61. The summed E-state index contributed by atoms with van der Waals surface area (Å²) >= 11 is 3.20. The van der Waals surface area contributed by atoms with Crippen LogP contribution in [0.4, 0.5) is 4.39 Å². The molecule has 5 nitrogen and oxygen atoms in total. The molecule has 0 unspecified atom stereocenters. The Morgan fingerprint density at radius 1 is 1.16 bits per heavy atom. The molecule has 0 aliphatic heterocycles. The summed E-state index contributed by atoms with van der Waals surface area (Å²) in [5.41, 5.74) is 1.80. The van der Waals surface area contributed by atoms with Crippen LogP contribution in [0, 0.1) is 5.82 Å². The van der Waals surface area contributed by atoms with Crippen LogP contribution in [-0.4, -0.2) is 21.1 Å². The van der Waals surface area contributed by atoms with Crippen LogP contribution < -0.4 is 10.3 Å². The number of hydrogen-bond donors (Lipinski definition) is 0. The second-order valence-electron chi connectivity index (χ2n) is 5.62. The second-order valence-corrected chi connectivity index (χ2v) is 6.47. The molecule has 2 heterocycles. The molecule has 0 fully saturated rings. The fraction of sp³-hybridized carbons (Fsp3) is 0.111. The third kappa shape index (κ3) is 2.51. The summed E-state index contributed by atoms with van der Waals surface area (Å²) in [5, 5.41) is 0. The lowest BCUT2D eigenvalue weighted by atomic mass is 10.2. The number of ether oxygens (including phenoxy) is 1. The normalized spacial score (nSPS) is 11.3. The zero-order valence-corrected chi connectivity index (χ0v) is 14.8. The van der Waals surface area contributed by atoms with Gasteiger partial charge in [0.15, 0.2) is 5.82 Å². The molecule has 0 amide bonds. The van der Waals surface area contributed by atoms with E-state index in [-0.39, 0.29) is 17.6 Å². The highest BCUT2D eigenvalue weighted by Gasteiger charge is 2.16. The molecular weight excluding hydrogens is 389 g/mol. The zero-order valence-electron chi connectivity index (χ0n) is 13.2. The van der Waals surface area contributed by atoms with Gasteiger partial charge in [-0.2, -0.15) is 0 Å². The highest BCUT2D eigenvalue weighted by molar-refractivity contribution is 9.10. The standard InChI is InChI=1S/C18H13BrFN3O2/c1-25-12-4-2-11(3-5-12)9-22-17-14(7-6-13(19)16(17)20)23-10-21-8-15(23)18(22)24/h2-8,10H,9H2,1H3. The van der Waals surface area contributed by atoms with Crippen molar-refractivity contribution in [2.24, 2.45) is 0 Å². The third-order valence-electron chi connectivity index (χ3n) is 4.18. The predicted molar refractivity (Wildman–Crippen MR) is 96.7 cm³/mol. The molecule has 25 heavy (non-hydrogen) atoms. The van der Waals surface area contributed by atoms with Crippen LogP contribution in [0.1, 0.15) is 5.56 Å². The van der Waals surface area contributed by atoms with Crippen LogP contribution in [0.2, 0.25) is 0 Å². The first kappa shape index (κ1) is 15.8. The number of halogens is 2. The number of hydrogen-bond acceptors (Lipinski definition) is 3. The van der Waals surface area contributed by atoms with Gasteiger partial charge in [0, 0.05) is 0 Å². The minimum Gasteiger partial charge on any atom is -0.497 e. The van der Waals surface area contributed by atoms with E-state index in [0.717, 1.165) is 11.3 Å². The average Bonchev–Trinajstić information content (AvgIpc) is 3.12. The molecule has 7 heteroatoms. The summed E-state index contributed by atoms with van der Waals surface area (Å²) in [6.45, 7) is 0.244. The lowest BCUT2D eigenvalue weighted by Crippen LogP contribution is -2.24. The summed E-state index contributed by atoms with van der Waals surface area (Å²) in [6, 6.07) is 10.7. The molecule has 0 radical (unpaired) electrons. The third-order valence-corrected chi connectivity index (χ3v) is 4.79. The van der Waals surface area contributed by atoms with Crippen molar-refractivity contribution in [2.75, 3.05) is 7.11 Å². The van der Waals surface area contributed by atoms with Gasteiger partial charge in [0.1, 0.15) is 16.8 Å². The number of imidazole rings is 1. The Balaban J connectivity index is 2.01. The smallest absolute Gasteiger partial charge is 0.277 e. The van der Waals surface area contributed by atoms with Crippen LogP contribution in [-0.2, 0) is 6.54 Å². The SMILES string of the molecule is COc1ccc(Cn2c(=O)c3cncn3c3ccc(Br)c(F)c32)cc1. The summed E-state index contributed by atoms with van der Waals surface area (Å²) in [5.74, 6) is 0.250. The first-order valence-electron chi connectivity index (χ1n) is 7.55. The minimum absolute atomic E-state index is 0.237. The molecule has 0 atom stereocenters. The lowest BCUT2D eigenvalue weighted by Gasteiger charge is -2.14. The Morgan fingerprint density at radius 2 is 1.92 bits per heavy atom. The van der Waals surface area contributed by atoms with Gasteiger partial charge in [0.05, 0.1) is 36.2 Å². The Bertz CT molecular complexity index is 1150. The van der Waals surface area contributed by atoms with Crippen molar-refractivity contribution in [2.45, 2.75) is 6.54 Å². The summed E-state index contributed by atoms with van der Waals surface area (Å²) < 4.78 is 23.3. The maximum absolute atomic E-state index is 14.8. The molecule has 0 N–H and O–H groups in total. The van der Waals surface area contributed by atoms with Gasteiger partial charge < -0.3 is 4.74 Å². The van der Waals surface area contributed by atoms with E-state index in [1.54, 1.807) is 23.6 Å². The maximum Gasteiger partial charge on any atom is 0.277 e. The van der Waals surface area contributed by atoms with Gasteiger partial charge in [-0.1, -0.05) is 12.1 Å². The van der Waals surface area contributed by atoms with Crippen molar-refractivity contribution in [1.29, 1.82) is 0 Å². The van der Waals surface area contributed by atoms with Crippen molar-refractivity contribution in [3.05, 3.63) is 75.1 Å². The van der Waals surface area contributed by atoms with Gasteiger partial charge in [0.2, 0.25) is 0 Å². The molecule has 0 aliphatic carbocycles. The molecule has 0 bridgehead atoms. The quantitative estimate of drug-likeness (QED) is 0.526. The number of methoxy groups -OCH3 is 1. The van der Waals surface area contributed by atoms with Crippen molar-refractivity contribution >= 4 is 32.5 Å². The van der Waals surface area contributed by atoms with Crippen LogP contribution >= 0.6 is 15.9 Å². The second kappa shape index (κ2) is 6.00. The molecule has 4 rings (SSSR count). The number of rotatable bonds is 3. The molecule has 2 aromatic heterocycles. The lowest BCUT2D eigenvalue weighted by molar-refractivity contribution is 0.414. The van der Waals surface area contributed by atoms with E-state index >= 15 is 0 Å². The Hall–Kier alpha value is -2.67. The van der Waals surface area contributed by atoms with Crippen molar-refractivity contribution in [1.82, 2.24) is 14.0 Å². The Morgan fingerprint density at radius 3 is 2.64 bits per heavy atom. The van der Waals surface area contributed by atoms with Gasteiger partial charge in [-0.05, 0) is 45.8 Å². The molecule has 126 valence electrons. The van der Waals surface area contributed by atoms with Gasteiger partial charge in [0.25, 0.3) is 5.56 Å². The Labute approximate surface area is 150 Å². The van der Waals surface area contributed by atoms with Crippen LogP contribution in [0.15, 0.2) is 58.2 Å². The maximum atomic E-state index is 14.8. The first-order valence-corrected chi connectivity index (χ1v) is 8.35. The molecule has 0 saturated carbocycles. The summed E-state index contributed by atoms with van der Waals surface area (Å²) in [6.07, 6.45) is 3.01. The average molecular weight is 402 g/mol. The number of nitrogens with zero attached hydrogens (tertiary/aromatic N) is 3. The summed E-state index contributed by atoms with van der Waals surface area (Å²) in [4.78, 5) is 16.9. The minimum atomic E-state index is -0.473. The fourth-order valence-corrected chi connectivity index (χ4v) is 3.25. The van der Waals surface area contributed by atoms with Crippen molar-refractivity contribution in [3.8, 4) is 5.75 Å². The van der Waals surface area contributed by atoms with Crippen molar-refractivity contribution in [3.63, 3.8) is 0 Å². The molecule has 0 saturated heterocycles. The van der Waals surface area contributed by atoms with E-state index in [0.29, 0.717) is 15.5 Å². The van der Waals surface area contributed by atoms with Crippen LogP contribution in [0.3, 0.4) is 0 Å². The topological polar surface area (TPSA) is 48.5 Å². The van der Waals surface area contributed by atoms with Gasteiger partial charge in [-0.3, -0.25) is 13.8 Å². The molecule has 0 aliphatic rings. The Kier molecular flexibility index (Phi) is 3.80. The van der Waals surface area contributed by atoms with Gasteiger partial charge in [-0.25, -0.2) is 9.37 Å². The van der Waals surface area contributed by atoms with Crippen LogP contribution in [0.25, 0.3) is 16.6 Å². The van der Waals surface area contributed by atoms with Gasteiger partial charge in [-0.15, -0.1) is 0 Å². The van der Waals surface area contributed by atoms with E-state index in [1.165, 1.54) is 17.1 Å². The molecule has 4 aromatic rings. The molecule has 0 spiro atoms. The largest absolute Gasteiger partial charge is 0.497 e. The molecule has 2 aromatic carbocycles. The van der Waals surface area contributed by atoms with E-state index in [4.69, 9.17) is 4.74 Å². The van der Waals surface area contributed by atoms with Gasteiger partial charge >= 0.3 is 0 Å². The first-order chi connectivity index (χ1) is 12.1. The fourth-order valence-electron chi connectivity index (χ4n) is 2.93. The monoisotopic (exact) mass is 401 g/mol. The van der Waals surface area contributed by atoms with Crippen LogP contribution in [0.5, 0.6) is 5.75 Å². The number of benzene rings is 2. The number of aromatic nitrogens is 3. The number of fused-ring (bicyclic) bond motifs is 3. The molecular formula is C18H13BrFN3O2. The van der Waals surface area contributed by atoms with E-state index < -0.39 is 5.82 Å². The zero-order chi connectivity index (χ0) is 17.6. The van der Waals surface area contributed by atoms with E-state index in [9.17, 15) is 9.18 Å². The van der Waals surface area contributed by atoms with E-state index in [2.05, 4.69) is 20.9 Å². The highest BCUT2D eigenvalue weighted by Crippen LogP contribution is 2.25. The highest BCUT2D eigenvalue weighted by atomic mass is 79.9. The summed E-state index contributed by atoms with van der Waals surface area (Å²) in [7, 11) is 1.59. The van der Waals surface area contributed by atoms with Crippen molar-refractivity contribution < 1.29 is 9.13 Å².